The second-order valence-electron chi connectivity index (χ2n) is 11.5. The zero-order valence-electron chi connectivity index (χ0n) is 26.5. The first-order chi connectivity index (χ1) is 22.2. The first-order valence-electron chi connectivity index (χ1n) is 15.4. The monoisotopic (exact) mass is 662 g/mol. The molecular formula is C34H42N6O4S2. The van der Waals surface area contributed by atoms with Crippen LogP contribution in [0, 0.1) is 0 Å². The van der Waals surface area contributed by atoms with Crippen molar-refractivity contribution < 1.29 is 19.1 Å². The van der Waals surface area contributed by atoms with Gasteiger partial charge in [0.15, 0.2) is 0 Å². The third kappa shape index (κ3) is 11.9. The smallest absolute Gasteiger partial charge is 0.407 e. The molecular weight excluding hydrogens is 621 g/mol. The molecule has 0 spiro atoms. The molecule has 12 heteroatoms. The molecule has 2 aromatic carbocycles. The second kappa shape index (κ2) is 18.0. The SMILES string of the molecule is CC(C)c1nc(CN(C)C(=O)NCC(=O)NC(CCC(Cc2ccccc2)NC(=O)OCc2cncs2)Cc2ccccc2)cs1. The van der Waals surface area contributed by atoms with E-state index in [0.29, 0.717) is 38.1 Å². The highest BCUT2D eigenvalue weighted by Gasteiger charge is 2.20. The summed E-state index contributed by atoms with van der Waals surface area (Å²) in [4.78, 5) is 49.5. The molecule has 3 N–H and O–H groups in total. The lowest BCUT2D eigenvalue weighted by Crippen LogP contribution is -2.46. The van der Waals surface area contributed by atoms with Gasteiger partial charge < -0.3 is 25.6 Å². The summed E-state index contributed by atoms with van der Waals surface area (Å²) < 4.78 is 5.45. The molecule has 10 nitrogen and oxygen atoms in total. The van der Waals surface area contributed by atoms with Crippen molar-refractivity contribution in [1.29, 1.82) is 0 Å². The van der Waals surface area contributed by atoms with E-state index in [4.69, 9.17) is 4.74 Å². The second-order valence-corrected chi connectivity index (χ2v) is 13.3. The topological polar surface area (TPSA) is 126 Å². The summed E-state index contributed by atoms with van der Waals surface area (Å²) in [6, 6.07) is 19.1. The first kappa shape index (κ1) is 34.6. The van der Waals surface area contributed by atoms with E-state index in [0.717, 1.165) is 26.7 Å². The molecule has 0 radical (unpaired) electrons. The predicted octanol–water partition coefficient (Wildman–Crippen LogP) is 5.91. The van der Waals surface area contributed by atoms with Crippen LogP contribution in [-0.4, -0.2) is 58.6 Å². The molecule has 4 aromatic rings. The van der Waals surface area contributed by atoms with Gasteiger partial charge in [0, 0.05) is 36.6 Å². The highest BCUT2D eigenvalue weighted by molar-refractivity contribution is 7.09. The Morgan fingerprint density at radius 2 is 1.52 bits per heavy atom. The Bertz CT molecular complexity index is 1500. The van der Waals surface area contributed by atoms with E-state index in [9.17, 15) is 14.4 Å². The molecule has 0 bridgehead atoms. The van der Waals surface area contributed by atoms with Crippen molar-refractivity contribution in [2.24, 2.45) is 0 Å². The standard InChI is InChI=1S/C34H42N6O4S2/c1-24(2)32-38-29(22-45-32)20-40(3)33(42)36-19-31(41)37-27(16-25-10-6-4-7-11-25)14-15-28(17-26-12-8-5-9-13-26)39-34(43)44-21-30-18-35-23-46-30/h4-13,18,22-24,27-28H,14-17,19-21H2,1-3H3,(H,36,42)(H,37,41)(H,39,43). The number of aromatic nitrogens is 2. The summed E-state index contributed by atoms with van der Waals surface area (Å²) in [6.45, 7) is 4.53. The highest BCUT2D eigenvalue weighted by atomic mass is 32.1. The number of thiazole rings is 2. The van der Waals surface area contributed by atoms with Gasteiger partial charge in [0.2, 0.25) is 5.91 Å². The average molecular weight is 663 g/mol. The molecule has 0 aliphatic carbocycles. The van der Waals surface area contributed by atoms with Crippen LogP contribution < -0.4 is 16.0 Å². The Kier molecular flexibility index (Phi) is 13.5. The Morgan fingerprint density at radius 1 is 0.891 bits per heavy atom. The molecule has 4 rings (SSSR count). The number of urea groups is 1. The highest BCUT2D eigenvalue weighted by Crippen LogP contribution is 2.20. The van der Waals surface area contributed by atoms with Crippen LogP contribution in [0.5, 0.6) is 0 Å². The fourth-order valence-electron chi connectivity index (χ4n) is 4.85. The number of ether oxygens (including phenoxy) is 1. The van der Waals surface area contributed by atoms with Crippen molar-refractivity contribution >= 4 is 40.7 Å². The minimum atomic E-state index is -0.497. The van der Waals surface area contributed by atoms with Crippen LogP contribution in [0.3, 0.4) is 0 Å². The summed E-state index contributed by atoms with van der Waals surface area (Å²) >= 11 is 3.01. The molecule has 2 unspecified atom stereocenters. The third-order valence-corrected chi connectivity index (χ3v) is 9.19. The van der Waals surface area contributed by atoms with Gasteiger partial charge >= 0.3 is 12.1 Å². The largest absolute Gasteiger partial charge is 0.444 e. The van der Waals surface area contributed by atoms with Crippen molar-refractivity contribution in [1.82, 2.24) is 30.8 Å². The predicted molar refractivity (Wildman–Crippen MR) is 182 cm³/mol. The lowest BCUT2D eigenvalue weighted by atomic mass is 9.96. The minimum absolute atomic E-state index is 0.154. The molecule has 4 amide bonds. The molecule has 2 atom stereocenters. The molecule has 0 saturated carbocycles. The number of carbonyl (C=O) groups is 3. The van der Waals surface area contributed by atoms with Gasteiger partial charge in [0.05, 0.1) is 34.2 Å². The van der Waals surface area contributed by atoms with Crippen molar-refractivity contribution in [3.63, 3.8) is 0 Å². The van der Waals surface area contributed by atoms with Gasteiger partial charge in [-0.2, -0.15) is 0 Å². The van der Waals surface area contributed by atoms with Crippen LogP contribution >= 0.6 is 22.7 Å². The van der Waals surface area contributed by atoms with Gasteiger partial charge in [-0.3, -0.25) is 9.78 Å². The van der Waals surface area contributed by atoms with Gasteiger partial charge in [-0.25, -0.2) is 14.6 Å². The van der Waals surface area contributed by atoms with Crippen molar-refractivity contribution in [2.45, 2.75) is 70.7 Å². The number of nitrogens with zero attached hydrogens (tertiary/aromatic N) is 3. The zero-order chi connectivity index (χ0) is 32.7. The quantitative estimate of drug-likeness (QED) is 0.137. The molecule has 0 aliphatic rings. The number of hydrogen-bond donors (Lipinski definition) is 3. The number of nitrogens with one attached hydrogen (secondary N) is 3. The summed E-state index contributed by atoms with van der Waals surface area (Å²) in [7, 11) is 1.68. The van der Waals surface area contributed by atoms with Crippen LogP contribution in [0.2, 0.25) is 0 Å². The Morgan fingerprint density at radius 3 is 2.09 bits per heavy atom. The first-order valence-corrected chi connectivity index (χ1v) is 17.1. The van der Waals surface area contributed by atoms with E-state index in [1.165, 1.54) is 16.2 Å². The summed E-state index contributed by atoms with van der Waals surface area (Å²) in [5.74, 6) is 0.0489. The van der Waals surface area contributed by atoms with E-state index in [1.807, 2.05) is 66.0 Å². The van der Waals surface area contributed by atoms with Crippen molar-refractivity contribution in [3.05, 3.63) is 104 Å². The normalized spacial score (nSPS) is 12.3. The maximum atomic E-state index is 13.1. The number of carbonyl (C=O) groups excluding carboxylic acids is 3. The maximum Gasteiger partial charge on any atom is 0.407 e. The molecule has 0 aliphatic heterocycles. The van der Waals surface area contributed by atoms with Gasteiger partial charge in [-0.15, -0.1) is 22.7 Å². The zero-order valence-corrected chi connectivity index (χ0v) is 28.1. The van der Waals surface area contributed by atoms with Gasteiger partial charge in [-0.1, -0.05) is 74.5 Å². The van der Waals surface area contributed by atoms with E-state index in [-0.39, 0.29) is 37.2 Å². The average Bonchev–Trinajstić information content (AvgIpc) is 3.75. The fraction of sp³-hybridized carbons (Fsp3) is 0.382. The number of benzene rings is 2. The minimum Gasteiger partial charge on any atom is -0.444 e. The Balaban J connectivity index is 1.34. The maximum absolute atomic E-state index is 13.1. The third-order valence-electron chi connectivity index (χ3n) is 7.24. The number of hydrogen-bond acceptors (Lipinski definition) is 8. The van der Waals surface area contributed by atoms with Crippen LogP contribution in [-0.2, 0) is 35.5 Å². The van der Waals surface area contributed by atoms with E-state index >= 15 is 0 Å². The molecule has 2 aromatic heterocycles. The number of rotatable bonds is 16. The van der Waals surface area contributed by atoms with Crippen LogP contribution in [0.25, 0.3) is 0 Å². The summed E-state index contributed by atoms with van der Waals surface area (Å²) in [5.41, 5.74) is 4.69. The van der Waals surface area contributed by atoms with E-state index in [2.05, 4.69) is 39.8 Å². The lowest BCUT2D eigenvalue weighted by Gasteiger charge is -2.24. The van der Waals surface area contributed by atoms with Gasteiger partial charge in [0.25, 0.3) is 0 Å². The molecule has 0 fully saturated rings. The van der Waals surface area contributed by atoms with Crippen LogP contribution in [0.15, 0.2) is 77.8 Å². The molecule has 244 valence electrons. The summed E-state index contributed by atoms with van der Waals surface area (Å²) in [5, 5.41) is 11.8. The van der Waals surface area contributed by atoms with E-state index < -0.39 is 6.09 Å². The van der Waals surface area contributed by atoms with Crippen molar-refractivity contribution in [3.8, 4) is 0 Å². The number of alkyl carbamates (subject to hydrolysis) is 1. The lowest BCUT2D eigenvalue weighted by molar-refractivity contribution is -0.120. The Hall–Kier alpha value is -4.29. The van der Waals surface area contributed by atoms with Gasteiger partial charge in [0.1, 0.15) is 6.61 Å². The van der Waals surface area contributed by atoms with E-state index in [1.54, 1.807) is 30.1 Å². The van der Waals surface area contributed by atoms with Crippen molar-refractivity contribution in [2.75, 3.05) is 13.6 Å². The van der Waals surface area contributed by atoms with Gasteiger partial charge in [-0.05, 0) is 36.8 Å². The van der Waals surface area contributed by atoms with Crippen LogP contribution in [0.4, 0.5) is 9.59 Å². The van der Waals surface area contributed by atoms with Crippen LogP contribution in [0.1, 0.15) is 59.3 Å². The molecule has 46 heavy (non-hydrogen) atoms. The Labute approximate surface area is 278 Å². The number of amides is 4. The molecule has 2 heterocycles. The molecule has 0 saturated heterocycles. The summed E-state index contributed by atoms with van der Waals surface area (Å²) in [6.07, 6.45) is 3.61. The fourth-order valence-corrected chi connectivity index (χ4v) is 6.19.